The number of methoxy groups -OCH3 is 2. The smallest absolute Gasteiger partial charge is 0.223 e. The first-order valence-electron chi connectivity index (χ1n) is 9.81. The largest absolute Gasteiger partial charge is 0.493 e. The third-order valence-electron chi connectivity index (χ3n) is 5.16. The van der Waals surface area contributed by atoms with Gasteiger partial charge in [0.2, 0.25) is 5.91 Å². The van der Waals surface area contributed by atoms with Crippen LogP contribution in [0.1, 0.15) is 33.0 Å². The van der Waals surface area contributed by atoms with Crippen LogP contribution in [0.5, 0.6) is 11.5 Å². The van der Waals surface area contributed by atoms with E-state index >= 15 is 0 Å². The summed E-state index contributed by atoms with van der Waals surface area (Å²) in [5.74, 6) is 1.57. The number of amides is 1. The van der Waals surface area contributed by atoms with Gasteiger partial charge in [-0.15, -0.1) is 11.3 Å². The number of thiophene rings is 1. The van der Waals surface area contributed by atoms with E-state index in [9.17, 15) is 9.59 Å². The van der Waals surface area contributed by atoms with Gasteiger partial charge in [0.15, 0.2) is 17.3 Å². The molecule has 3 rings (SSSR count). The van der Waals surface area contributed by atoms with Crippen LogP contribution in [0.3, 0.4) is 0 Å². The van der Waals surface area contributed by atoms with Gasteiger partial charge in [0, 0.05) is 50.4 Å². The van der Waals surface area contributed by atoms with Gasteiger partial charge in [0.25, 0.3) is 0 Å². The van der Waals surface area contributed by atoms with Crippen molar-refractivity contribution in [3.05, 3.63) is 45.6 Å². The molecule has 0 N–H and O–H groups in total. The lowest BCUT2D eigenvalue weighted by Gasteiger charge is -2.34. The van der Waals surface area contributed by atoms with Gasteiger partial charge in [-0.2, -0.15) is 0 Å². The van der Waals surface area contributed by atoms with Crippen molar-refractivity contribution in [2.45, 2.75) is 26.3 Å². The minimum Gasteiger partial charge on any atom is -0.493 e. The van der Waals surface area contributed by atoms with Crippen molar-refractivity contribution in [2.24, 2.45) is 0 Å². The highest BCUT2D eigenvalue weighted by molar-refractivity contribution is 7.14. The van der Waals surface area contributed by atoms with Crippen molar-refractivity contribution in [1.82, 2.24) is 9.80 Å². The Bertz CT molecular complexity index is 856. The maximum absolute atomic E-state index is 12.5. The maximum Gasteiger partial charge on any atom is 0.223 e. The predicted octanol–water partition coefficient (Wildman–Crippen LogP) is 3.38. The zero-order chi connectivity index (χ0) is 20.8. The van der Waals surface area contributed by atoms with Crippen molar-refractivity contribution in [3.63, 3.8) is 0 Å². The van der Waals surface area contributed by atoms with Gasteiger partial charge in [-0.3, -0.25) is 14.5 Å². The first-order chi connectivity index (χ1) is 14.0. The van der Waals surface area contributed by atoms with Crippen LogP contribution in [0.15, 0.2) is 30.3 Å². The Kier molecular flexibility index (Phi) is 7.28. The average Bonchev–Trinajstić information content (AvgIpc) is 3.18. The summed E-state index contributed by atoms with van der Waals surface area (Å²) in [4.78, 5) is 30.8. The Labute approximate surface area is 176 Å². The van der Waals surface area contributed by atoms with Crippen LogP contribution in [0, 0.1) is 6.92 Å². The van der Waals surface area contributed by atoms with E-state index in [0.29, 0.717) is 13.1 Å². The predicted molar refractivity (Wildman–Crippen MR) is 114 cm³/mol. The molecule has 0 aliphatic carbocycles. The first-order valence-corrected chi connectivity index (χ1v) is 10.6. The van der Waals surface area contributed by atoms with Gasteiger partial charge in [0.1, 0.15) is 0 Å². The molecule has 1 aliphatic heterocycles. The average molecular weight is 417 g/mol. The topological polar surface area (TPSA) is 59.1 Å². The van der Waals surface area contributed by atoms with E-state index in [1.54, 1.807) is 14.2 Å². The highest BCUT2D eigenvalue weighted by Crippen LogP contribution is 2.28. The van der Waals surface area contributed by atoms with Crippen LogP contribution in [-0.2, 0) is 11.3 Å². The number of Topliss-reactive ketones (excluding diaryl/α,β-unsaturated/α-hetero) is 1. The summed E-state index contributed by atoms with van der Waals surface area (Å²) in [6, 6.07) is 9.74. The Hall–Kier alpha value is -2.38. The van der Waals surface area contributed by atoms with E-state index in [-0.39, 0.29) is 24.5 Å². The Morgan fingerprint density at radius 3 is 2.31 bits per heavy atom. The zero-order valence-corrected chi connectivity index (χ0v) is 18.1. The number of hydrogen-bond donors (Lipinski definition) is 0. The number of hydrogen-bond acceptors (Lipinski definition) is 6. The second kappa shape index (κ2) is 9.89. The molecule has 0 spiro atoms. The Morgan fingerprint density at radius 1 is 0.966 bits per heavy atom. The molecule has 1 fully saturated rings. The van der Waals surface area contributed by atoms with E-state index in [1.165, 1.54) is 11.3 Å². The lowest BCUT2D eigenvalue weighted by molar-refractivity contribution is -0.132. The zero-order valence-electron chi connectivity index (χ0n) is 17.3. The fraction of sp³-hybridized carbons (Fsp3) is 0.455. The number of ketones is 1. The van der Waals surface area contributed by atoms with Gasteiger partial charge >= 0.3 is 0 Å². The van der Waals surface area contributed by atoms with E-state index < -0.39 is 0 Å². The molecule has 156 valence electrons. The molecule has 1 aromatic heterocycles. The normalized spacial score (nSPS) is 14.7. The maximum atomic E-state index is 12.5. The third-order valence-corrected chi connectivity index (χ3v) is 6.20. The van der Waals surface area contributed by atoms with Gasteiger partial charge in [-0.1, -0.05) is 6.07 Å². The first kappa shape index (κ1) is 21.3. The molecule has 0 atom stereocenters. The summed E-state index contributed by atoms with van der Waals surface area (Å²) in [6.07, 6.45) is 0.566. The van der Waals surface area contributed by atoms with Crippen molar-refractivity contribution >= 4 is 23.0 Å². The summed E-state index contributed by atoms with van der Waals surface area (Å²) < 4.78 is 10.7. The number of nitrogens with zero attached hydrogens (tertiary/aromatic N) is 2. The summed E-state index contributed by atoms with van der Waals surface area (Å²) in [5.41, 5.74) is 1.15. The standard InChI is InChI=1S/C22H28N2O4S/c1-16-4-8-21(29-16)18(25)6-9-22(26)24-12-10-23(11-13-24)15-17-5-7-19(27-2)20(14-17)28-3/h4-5,7-8,14H,6,9-13,15H2,1-3H3. The molecule has 0 radical (unpaired) electrons. The fourth-order valence-electron chi connectivity index (χ4n) is 3.48. The number of ether oxygens (including phenoxy) is 2. The van der Waals surface area contributed by atoms with E-state index in [0.717, 1.165) is 46.5 Å². The molecule has 1 aromatic carbocycles. The highest BCUT2D eigenvalue weighted by Gasteiger charge is 2.22. The highest BCUT2D eigenvalue weighted by atomic mass is 32.1. The Morgan fingerprint density at radius 2 is 1.69 bits per heavy atom. The molecule has 1 saturated heterocycles. The van der Waals surface area contributed by atoms with Crippen LogP contribution in [-0.4, -0.2) is 61.9 Å². The molecular weight excluding hydrogens is 388 g/mol. The SMILES string of the molecule is COc1ccc(CN2CCN(C(=O)CCC(=O)c3ccc(C)s3)CC2)cc1OC. The van der Waals surface area contributed by atoms with Crippen molar-refractivity contribution in [2.75, 3.05) is 40.4 Å². The van der Waals surface area contributed by atoms with Crippen molar-refractivity contribution in [1.29, 1.82) is 0 Å². The summed E-state index contributed by atoms with van der Waals surface area (Å²) >= 11 is 1.49. The number of carbonyl (C=O) groups excluding carboxylic acids is 2. The van der Waals surface area contributed by atoms with Gasteiger partial charge in [-0.25, -0.2) is 0 Å². The molecule has 6 nitrogen and oxygen atoms in total. The molecular formula is C22H28N2O4S. The third kappa shape index (κ3) is 5.58. The molecule has 0 saturated carbocycles. The Balaban J connectivity index is 1.45. The quantitative estimate of drug-likeness (QED) is 0.618. The molecule has 2 aromatic rings. The number of benzene rings is 1. The second-order valence-electron chi connectivity index (χ2n) is 7.18. The van der Waals surface area contributed by atoms with E-state index in [2.05, 4.69) is 4.90 Å². The van der Waals surface area contributed by atoms with Crippen LogP contribution in [0.25, 0.3) is 0 Å². The lowest BCUT2D eigenvalue weighted by atomic mass is 10.1. The van der Waals surface area contributed by atoms with Crippen LogP contribution in [0.4, 0.5) is 0 Å². The number of piperazine rings is 1. The molecule has 1 amide bonds. The van der Waals surface area contributed by atoms with E-state index in [4.69, 9.17) is 9.47 Å². The minimum atomic E-state index is 0.0588. The minimum absolute atomic E-state index is 0.0588. The second-order valence-corrected chi connectivity index (χ2v) is 8.47. The van der Waals surface area contributed by atoms with E-state index in [1.807, 2.05) is 42.2 Å². The molecule has 1 aliphatic rings. The van der Waals surface area contributed by atoms with Gasteiger partial charge in [0.05, 0.1) is 19.1 Å². The molecule has 2 heterocycles. The molecule has 29 heavy (non-hydrogen) atoms. The summed E-state index contributed by atoms with van der Waals surface area (Å²) in [5, 5.41) is 0. The van der Waals surface area contributed by atoms with Gasteiger partial charge < -0.3 is 14.4 Å². The van der Waals surface area contributed by atoms with Crippen LogP contribution in [0.2, 0.25) is 0 Å². The number of carbonyl (C=O) groups is 2. The molecule has 7 heteroatoms. The number of aryl methyl sites for hydroxylation is 1. The fourth-order valence-corrected chi connectivity index (χ4v) is 4.31. The van der Waals surface area contributed by atoms with Crippen LogP contribution >= 0.6 is 11.3 Å². The number of rotatable bonds is 8. The lowest BCUT2D eigenvalue weighted by Crippen LogP contribution is -2.48. The van der Waals surface area contributed by atoms with Crippen LogP contribution < -0.4 is 9.47 Å². The van der Waals surface area contributed by atoms with Crippen molar-refractivity contribution < 1.29 is 19.1 Å². The molecule has 0 unspecified atom stereocenters. The van der Waals surface area contributed by atoms with Crippen molar-refractivity contribution in [3.8, 4) is 11.5 Å². The van der Waals surface area contributed by atoms with Gasteiger partial charge in [-0.05, 0) is 36.8 Å². The summed E-state index contributed by atoms with van der Waals surface area (Å²) in [6.45, 7) is 5.81. The monoisotopic (exact) mass is 416 g/mol. The summed E-state index contributed by atoms with van der Waals surface area (Å²) in [7, 11) is 3.26. The molecule has 0 bridgehead atoms.